The van der Waals surface area contributed by atoms with Crippen molar-refractivity contribution in [3.63, 3.8) is 0 Å². The van der Waals surface area contributed by atoms with Gasteiger partial charge in [-0.15, -0.1) is 0 Å². The number of ether oxygens (including phenoxy) is 2. The van der Waals surface area contributed by atoms with Gasteiger partial charge in [-0.05, 0) is 18.2 Å². The zero-order chi connectivity index (χ0) is 16.8. The summed E-state index contributed by atoms with van der Waals surface area (Å²) in [5.74, 6) is 0.850. The number of pyridine rings is 1. The van der Waals surface area contributed by atoms with Crippen LogP contribution >= 0.6 is 0 Å². The molecule has 0 amide bonds. The Morgan fingerprint density at radius 3 is 2.88 bits per heavy atom. The molecule has 7 heteroatoms. The topological polar surface area (TPSA) is 72.6 Å². The minimum absolute atomic E-state index is 0.134. The Labute approximate surface area is 140 Å². The van der Waals surface area contributed by atoms with Crippen LogP contribution in [-0.4, -0.2) is 49.3 Å². The highest BCUT2D eigenvalue weighted by atomic mass is 19.1. The molecule has 1 saturated heterocycles. The summed E-state index contributed by atoms with van der Waals surface area (Å²) in [5.41, 5.74) is 5.90. The molecule has 128 valence electrons. The highest BCUT2D eigenvalue weighted by Crippen LogP contribution is 2.26. The molecule has 0 atom stereocenters. The number of nitrogens with zero attached hydrogens (tertiary/aromatic N) is 2. The van der Waals surface area contributed by atoms with Crippen molar-refractivity contribution in [1.82, 2.24) is 9.88 Å². The molecule has 3 N–H and O–H groups in total. The van der Waals surface area contributed by atoms with Crippen LogP contribution in [0.4, 0.5) is 15.9 Å². The van der Waals surface area contributed by atoms with Gasteiger partial charge >= 0.3 is 0 Å². The van der Waals surface area contributed by atoms with Gasteiger partial charge in [-0.1, -0.05) is 0 Å². The van der Waals surface area contributed by atoms with E-state index in [-0.39, 0.29) is 5.75 Å². The van der Waals surface area contributed by atoms with E-state index in [2.05, 4.69) is 15.2 Å². The first-order chi connectivity index (χ1) is 11.7. The Hall–Kier alpha value is -2.38. The molecule has 0 saturated carbocycles. The minimum Gasteiger partial charge on any atom is -0.454 e. The smallest absolute Gasteiger partial charge is 0.167 e. The number of morpholine rings is 1. The molecule has 1 aromatic heterocycles. The number of nitrogens with one attached hydrogen (secondary N) is 1. The standard InChI is InChI=1S/C17H21FN4O2/c18-15-11-13(19)1-2-16(15)24-14-3-4-20-17(12-14)21-5-6-22-7-9-23-10-8-22/h1-4,11-12H,5-10,19H2,(H,20,21). The van der Waals surface area contributed by atoms with Crippen molar-refractivity contribution in [1.29, 1.82) is 0 Å². The van der Waals surface area contributed by atoms with E-state index in [0.29, 0.717) is 17.3 Å². The van der Waals surface area contributed by atoms with Gasteiger partial charge in [-0.2, -0.15) is 0 Å². The molecule has 0 unspecified atom stereocenters. The third-order valence-electron chi connectivity index (χ3n) is 3.75. The minimum atomic E-state index is -0.492. The lowest BCUT2D eigenvalue weighted by atomic mass is 10.3. The second-order valence-electron chi connectivity index (χ2n) is 5.55. The molecule has 0 radical (unpaired) electrons. The molecular formula is C17H21FN4O2. The van der Waals surface area contributed by atoms with Gasteiger partial charge in [0.1, 0.15) is 11.6 Å². The monoisotopic (exact) mass is 332 g/mol. The second kappa shape index (κ2) is 7.94. The molecule has 3 rings (SSSR count). The molecule has 1 aliphatic heterocycles. The molecular weight excluding hydrogens is 311 g/mol. The van der Waals surface area contributed by atoms with Gasteiger partial charge in [0.25, 0.3) is 0 Å². The number of anilines is 2. The molecule has 24 heavy (non-hydrogen) atoms. The Balaban J connectivity index is 1.55. The van der Waals surface area contributed by atoms with E-state index in [9.17, 15) is 4.39 Å². The van der Waals surface area contributed by atoms with E-state index in [1.807, 2.05) is 0 Å². The van der Waals surface area contributed by atoms with E-state index in [1.54, 1.807) is 24.4 Å². The van der Waals surface area contributed by atoms with Crippen molar-refractivity contribution in [3.8, 4) is 11.5 Å². The summed E-state index contributed by atoms with van der Waals surface area (Å²) in [6, 6.07) is 7.77. The number of benzene rings is 1. The van der Waals surface area contributed by atoms with Crippen molar-refractivity contribution in [2.24, 2.45) is 0 Å². The first-order valence-electron chi connectivity index (χ1n) is 7.93. The van der Waals surface area contributed by atoms with Crippen LogP contribution in [0.25, 0.3) is 0 Å². The zero-order valence-corrected chi connectivity index (χ0v) is 13.4. The molecule has 1 aromatic carbocycles. The number of nitrogen functional groups attached to an aromatic ring is 1. The Bertz CT molecular complexity index is 677. The number of rotatable bonds is 6. The molecule has 1 aliphatic rings. The third kappa shape index (κ3) is 4.56. The Morgan fingerprint density at radius 2 is 2.08 bits per heavy atom. The average Bonchev–Trinajstić information content (AvgIpc) is 2.59. The number of hydrogen-bond donors (Lipinski definition) is 2. The van der Waals surface area contributed by atoms with Gasteiger partial charge in [0.15, 0.2) is 11.6 Å². The largest absolute Gasteiger partial charge is 0.454 e. The summed E-state index contributed by atoms with van der Waals surface area (Å²) >= 11 is 0. The predicted octanol–water partition coefficient (Wildman–Crippen LogP) is 2.34. The summed E-state index contributed by atoms with van der Waals surface area (Å²) in [6.07, 6.45) is 1.63. The van der Waals surface area contributed by atoms with Gasteiger partial charge in [-0.25, -0.2) is 9.37 Å². The maximum atomic E-state index is 13.8. The fourth-order valence-corrected chi connectivity index (χ4v) is 2.47. The van der Waals surface area contributed by atoms with Gasteiger partial charge < -0.3 is 20.5 Å². The van der Waals surface area contributed by atoms with Crippen molar-refractivity contribution < 1.29 is 13.9 Å². The first kappa shape index (κ1) is 16.5. The average molecular weight is 332 g/mol. The fraction of sp³-hybridized carbons (Fsp3) is 0.353. The second-order valence-corrected chi connectivity index (χ2v) is 5.55. The summed E-state index contributed by atoms with van der Waals surface area (Å²) in [7, 11) is 0. The highest BCUT2D eigenvalue weighted by Gasteiger charge is 2.10. The quantitative estimate of drug-likeness (QED) is 0.791. The predicted molar refractivity (Wildman–Crippen MR) is 90.9 cm³/mol. The number of nitrogens with two attached hydrogens (primary N) is 1. The normalized spacial score (nSPS) is 15.2. The van der Waals surface area contributed by atoms with Crippen molar-refractivity contribution >= 4 is 11.5 Å². The van der Waals surface area contributed by atoms with Crippen LogP contribution in [-0.2, 0) is 4.74 Å². The van der Waals surface area contributed by atoms with E-state index < -0.39 is 5.82 Å². The summed E-state index contributed by atoms with van der Waals surface area (Å²) in [4.78, 5) is 6.59. The van der Waals surface area contributed by atoms with Gasteiger partial charge in [0.2, 0.25) is 0 Å². The first-order valence-corrected chi connectivity index (χ1v) is 7.93. The van der Waals surface area contributed by atoms with Crippen LogP contribution in [0.5, 0.6) is 11.5 Å². The molecule has 6 nitrogen and oxygen atoms in total. The number of hydrogen-bond acceptors (Lipinski definition) is 6. The lowest BCUT2D eigenvalue weighted by molar-refractivity contribution is 0.0398. The van der Waals surface area contributed by atoms with Crippen molar-refractivity contribution in [2.45, 2.75) is 0 Å². The van der Waals surface area contributed by atoms with Crippen molar-refractivity contribution in [3.05, 3.63) is 42.3 Å². The maximum Gasteiger partial charge on any atom is 0.167 e. The van der Waals surface area contributed by atoms with Gasteiger partial charge in [0.05, 0.1) is 13.2 Å². The van der Waals surface area contributed by atoms with E-state index in [0.717, 1.165) is 39.4 Å². The molecule has 0 aliphatic carbocycles. The van der Waals surface area contributed by atoms with Crippen LogP contribution in [0.2, 0.25) is 0 Å². The highest BCUT2D eigenvalue weighted by molar-refractivity contribution is 5.46. The van der Waals surface area contributed by atoms with Crippen molar-refractivity contribution in [2.75, 3.05) is 50.4 Å². The van der Waals surface area contributed by atoms with Gasteiger partial charge in [-0.3, -0.25) is 4.90 Å². The van der Waals surface area contributed by atoms with E-state index in [4.69, 9.17) is 15.2 Å². The lowest BCUT2D eigenvalue weighted by Gasteiger charge is -2.26. The summed E-state index contributed by atoms with van der Waals surface area (Å²) in [5, 5.41) is 3.25. The number of halogens is 1. The van der Waals surface area contributed by atoms with Crippen LogP contribution in [0, 0.1) is 5.82 Å². The summed E-state index contributed by atoms with van der Waals surface area (Å²) in [6.45, 7) is 5.17. The molecule has 0 spiro atoms. The Morgan fingerprint density at radius 1 is 1.25 bits per heavy atom. The maximum absolute atomic E-state index is 13.8. The van der Waals surface area contributed by atoms with E-state index in [1.165, 1.54) is 12.1 Å². The Kier molecular flexibility index (Phi) is 5.45. The van der Waals surface area contributed by atoms with Crippen LogP contribution in [0.1, 0.15) is 0 Å². The molecule has 2 heterocycles. The zero-order valence-electron chi connectivity index (χ0n) is 13.4. The number of aromatic nitrogens is 1. The van der Waals surface area contributed by atoms with Crippen LogP contribution < -0.4 is 15.8 Å². The molecule has 2 aromatic rings. The van der Waals surface area contributed by atoms with E-state index >= 15 is 0 Å². The molecule has 0 bridgehead atoms. The third-order valence-corrected chi connectivity index (χ3v) is 3.75. The summed E-state index contributed by atoms with van der Waals surface area (Å²) < 4.78 is 24.7. The molecule has 1 fully saturated rings. The van der Waals surface area contributed by atoms with Crippen LogP contribution in [0.3, 0.4) is 0 Å². The lowest BCUT2D eigenvalue weighted by Crippen LogP contribution is -2.39. The van der Waals surface area contributed by atoms with Gasteiger partial charge in [0, 0.05) is 50.2 Å². The fourth-order valence-electron chi connectivity index (χ4n) is 2.47. The van der Waals surface area contributed by atoms with Crippen LogP contribution in [0.15, 0.2) is 36.5 Å². The SMILES string of the molecule is Nc1ccc(Oc2ccnc(NCCN3CCOCC3)c2)c(F)c1.